The Labute approximate surface area is 174 Å². The monoisotopic (exact) mass is 439 g/mol. The molecule has 2 heterocycles. The molecule has 2 unspecified atom stereocenters. The van der Waals surface area contributed by atoms with Crippen LogP contribution in [0.4, 0.5) is 5.82 Å². The number of anilines is 1. The number of aromatic nitrogens is 2. The summed E-state index contributed by atoms with van der Waals surface area (Å²) in [6.45, 7) is 0. The average molecular weight is 440 g/mol. The second-order valence-corrected chi connectivity index (χ2v) is 10.5. The van der Waals surface area contributed by atoms with E-state index in [2.05, 4.69) is 15.3 Å². The number of carbonyl (C=O) groups is 1. The number of nitrogens with zero attached hydrogens (tertiary/aromatic N) is 2. The fourth-order valence-corrected chi connectivity index (χ4v) is 5.84. The highest BCUT2D eigenvalue weighted by Crippen LogP contribution is 2.35. The lowest BCUT2D eigenvalue weighted by atomic mass is 9.86. The topological polar surface area (TPSA) is 89.0 Å². The number of benzene rings is 1. The van der Waals surface area contributed by atoms with Crippen LogP contribution in [0, 0.1) is 5.92 Å². The van der Waals surface area contributed by atoms with Gasteiger partial charge in [-0.1, -0.05) is 17.7 Å². The maximum Gasteiger partial charge on any atom is 0.233 e. The van der Waals surface area contributed by atoms with Crippen LogP contribution < -0.4 is 5.32 Å². The molecule has 28 heavy (non-hydrogen) atoms. The van der Waals surface area contributed by atoms with Gasteiger partial charge >= 0.3 is 0 Å². The maximum absolute atomic E-state index is 13.0. The molecule has 1 saturated heterocycles. The van der Waals surface area contributed by atoms with E-state index in [0.29, 0.717) is 23.7 Å². The van der Waals surface area contributed by atoms with Crippen molar-refractivity contribution < 1.29 is 13.2 Å². The van der Waals surface area contributed by atoms with E-state index in [9.17, 15) is 13.2 Å². The molecule has 1 amide bonds. The van der Waals surface area contributed by atoms with E-state index in [-0.39, 0.29) is 15.8 Å². The molecule has 1 aliphatic heterocycles. The van der Waals surface area contributed by atoms with Crippen LogP contribution in [0.1, 0.15) is 30.7 Å². The Balaban J connectivity index is 1.88. The van der Waals surface area contributed by atoms with Crippen LogP contribution in [0.5, 0.6) is 0 Å². The third-order valence-corrected chi connectivity index (χ3v) is 7.58. The van der Waals surface area contributed by atoms with Crippen LogP contribution in [-0.4, -0.2) is 42.1 Å². The van der Waals surface area contributed by atoms with Gasteiger partial charge in [-0.25, -0.2) is 13.4 Å². The Morgan fingerprint density at radius 1 is 1.39 bits per heavy atom. The average Bonchev–Trinajstić information content (AvgIpc) is 2.66. The fraction of sp³-hybridized carbons (Fsp3) is 0.421. The van der Waals surface area contributed by atoms with Gasteiger partial charge < -0.3 is 5.32 Å². The molecule has 1 aliphatic rings. The number of hydrogen-bond acceptors (Lipinski definition) is 6. The Morgan fingerprint density at radius 2 is 2.21 bits per heavy atom. The highest BCUT2D eigenvalue weighted by molar-refractivity contribution is 7.99. The minimum absolute atomic E-state index is 0.0687. The molecule has 6 nitrogen and oxygen atoms in total. The first kappa shape index (κ1) is 21.1. The van der Waals surface area contributed by atoms with Crippen molar-refractivity contribution in [1.82, 2.24) is 9.97 Å². The zero-order valence-corrected chi connectivity index (χ0v) is 17.9. The summed E-state index contributed by atoms with van der Waals surface area (Å²) >= 11 is 8.13. The molecule has 0 radical (unpaired) electrons. The van der Waals surface area contributed by atoms with Crippen molar-refractivity contribution in [3.63, 3.8) is 0 Å². The lowest BCUT2D eigenvalue weighted by Crippen LogP contribution is -2.25. The summed E-state index contributed by atoms with van der Waals surface area (Å²) in [4.78, 5) is 21.2. The number of thioether (sulfide) groups is 1. The lowest BCUT2D eigenvalue weighted by molar-refractivity contribution is -0.118. The molecular formula is C19H22ClN3O3S2. The second kappa shape index (κ2) is 9.24. The molecule has 3 rings (SSSR count). The largest absolute Gasteiger partial charge is 0.309 e. The highest BCUT2D eigenvalue weighted by Gasteiger charge is 2.27. The van der Waals surface area contributed by atoms with E-state index in [1.165, 1.54) is 24.7 Å². The number of sulfone groups is 1. The quantitative estimate of drug-likeness (QED) is 0.736. The smallest absolute Gasteiger partial charge is 0.233 e. The maximum atomic E-state index is 13.0. The number of hydrogen-bond donors (Lipinski definition) is 1. The number of amides is 1. The van der Waals surface area contributed by atoms with Gasteiger partial charge in [-0.3, -0.25) is 9.78 Å². The molecule has 0 bridgehead atoms. The highest BCUT2D eigenvalue weighted by atomic mass is 35.5. The van der Waals surface area contributed by atoms with Gasteiger partial charge in [-0.05, 0) is 54.4 Å². The summed E-state index contributed by atoms with van der Waals surface area (Å²) in [6.07, 6.45) is 8.55. The van der Waals surface area contributed by atoms with Gasteiger partial charge in [0.05, 0.1) is 22.0 Å². The third kappa shape index (κ3) is 5.46. The zero-order valence-electron chi connectivity index (χ0n) is 15.5. The Hall–Kier alpha value is -1.64. The standard InChI is InChI=1S/C19H22ClN3O3S2/c1-28(25,26)17-5-4-14(10-16(17)20)15(9-13-3-2-8-27-12-13)19(24)23-18-11-21-6-7-22-18/h4-7,10-11,13,15H,2-3,8-9,12H2,1H3,(H,22,23,24). The minimum Gasteiger partial charge on any atom is -0.309 e. The van der Waals surface area contributed by atoms with E-state index >= 15 is 0 Å². The molecule has 9 heteroatoms. The number of carbonyl (C=O) groups excluding carboxylic acids is 1. The summed E-state index contributed by atoms with van der Waals surface area (Å²) in [7, 11) is -3.43. The lowest BCUT2D eigenvalue weighted by Gasteiger charge is -2.26. The van der Waals surface area contributed by atoms with Crippen LogP contribution in [0.2, 0.25) is 5.02 Å². The van der Waals surface area contributed by atoms with Gasteiger partial charge in [0.25, 0.3) is 0 Å². The summed E-state index contributed by atoms with van der Waals surface area (Å²) < 4.78 is 23.7. The molecule has 0 spiro atoms. The van der Waals surface area contributed by atoms with Crippen molar-refractivity contribution in [2.45, 2.75) is 30.1 Å². The van der Waals surface area contributed by atoms with Gasteiger partial charge in [0.1, 0.15) is 0 Å². The van der Waals surface area contributed by atoms with Crippen LogP contribution >= 0.6 is 23.4 Å². The van der Waals surface area contributed by atoms with E-state index in [4.69, 9.17) is 11.6 Å². The second-order valence-electron chi connectivity index (χ2n) is 6.91. The van der Waals surface area contributed by atoms with E-state index < -0.39 is 15.8 Å². The van der Waals surface area contributed by atoms with E-state index in [1.54, 1.807) is 12.1 Å². The SMILES string of the molecule is CS(=O)(=O)c1ccc(C(CC2CCCSC2)C(=O)Nc2cnccn2)cc1Cl. The van der Waals surface area contributed by atoms with Crippen molar-refractivity contribution in [3.8, 4) is 0 Å². The van der Waals surface area contributed by atoms with Crippen molar-refractivity contribution >= 4 is 44.9 Å². The van der Waals surface area contributed by atoms with Crippen LogP contribution in [-0.2, 0) is 14.6 Å². The summed E-state index contributed by atoms with van der Waals surface area (Å²) in [5, 5.41) is 2.95. The van der Waals surface area contributed by atoms with E-state index in [1.807, 2.05) is 11.8 Å². The molecule has 0 aliphatic carbocycles. The van der Waals surface area contributed by atoms with Crippen LogP contribution in [0.25, 0.3) is 0 Å². The van der Waals surface area contributed by atoms with Gasteiger partial charge in [-0.15, -0.1) is 0 Å². The predicted molar refractivity (Wildman–Crippen MR) is 113 cm³/mol. The Bertz CT molecular complexity index is 933. The first-order chi connectivity index (χ1) is 13.3. The molecule has 1 N–H and O–H groups in total. The number of nitrogens with one attached hydrogen (secondary N) is 1. The van der Waals surface area contributed by atoms with Crippen LogP contribution in [0.15, 0.2) is 41.7 Å². The third-order valence-electron chi connectivity index (χ3n) is 4.71. The van der Waals surface area contributed by atoms with E-state index in [0.717, 1.165) is 30.6 Å². The molecule has 1 fully saturated rings. The van der Waals surface area contributed by atoms with Gasteiger partial charge in [0.15, 0.2) is 15.7 Å². The van der Waals surface area contributed by atoms with Crippen molar-refractivity contribution in [2.75, 3.05) is 23.1 Å². The fourth-order valence-electron chi connectivity index (χ4n) is 3.33. The molecule has 1 aromatic heterocycles. The van der Waals surface area contributed by atoms with Crippen molar-refractivity contribution in [3.05, 3.63) is 47.4 Å². The normalized spacial score (nSPS) is 18.4. The first-order valence-electron chi connectivity index (χ1n) is 8.98. The molecule has 2 aromatic rings. The van der Waals surface area contributed by atoms with Gasteiger partial charge in [0.2, 0.25) is 5.91 Å². The van der Waals surface area contributed by atoms with Crippen LogP contribution in [0.3, 0.4) is 0 Å². The summed E-state index contributed by atoms with van der Waals surface area (Å²) in [5.41, 5.74) is 0.703. The molecule has 150 valence electrons. The summed E-state index contributed by atoms with van der Waals surface area (Å²) in [5.74, 6) is 2.33. The number of rotatable bonds is 6. The molecular weight excluding hydrogens is 418 g/mol. The predicted octanol–water partition coefficient (Wildman–Crippen LogP) is 3.79. The Kier molecular flexibility index (Phi) is 6.95. The minimum atomic E-state index is -3.43. The van der Waals surface area contributed by atoms with Crippen molar-refractivity contribution in [1.29, 1.82) is 0 Å². The first-order valence-corrected chi connectivity index (χ1v) is 12.4. The number of halogens is 1. The van der Waals surface area contributed by atoms with Crippen molar-refractivity contribution in [2.24, 2.45) is 5.92 Å². The molecule has 0 saturated carbocycles. The zero-order chi connectivity index (χ0) is 20.1. The van der Waals surface area contributed by atoms with Gasteiger partial charge in [-0.2, -0.15) is 11.8 Å². The Morgan fingerprint density at radius 3 is 2.82 bits per heavy atom. The molecule has 2 atom stereocenters. The summed E-state index contributed by atoms with van der Waals surface area (Å²) in [6, 6.07) is 4.75. The molecule has 1 aromatic carbocycles. The van der Waals surface area contributed by atoms with Gasteiger partial charge in [0, 0.05) is 18.6 Å².